The molecule has 0 aliphatic carbocycles. The molecule has 3 amide bonds. The summed E-state index contributed by atoms with van der Waals surface area (Å²) < 4.78 is 5.38. The molecule has 3 saturated heterocycles. The van der Waals surface area contributed by atoms with E-state index in [0.717, 1.165) is 29.3 Å². The highest BCUT2D eigenvalue weighted by atomic mass is 16.5. The number of hydrogen-bond acceptors (Lipinski definition) is 7. The number of carbonyl (C=O) groups is 3. The van der Waals surface area contributed by atoms with E-state index in [-0.39, 0.29) is 24.5 Å². The number of carbonyl (C=O) groups excluding carboxylic acids is 3. The maximum absolute atomic E-state index is 13.5. The van der Waals surface area contributed by atoms with Crippen molar-refractivity contribution in [3.8, 4) is 5.75 Å². The molecular formula is C24H27N5O4. The van der Waals surface area contributed by atoms with Crippen LogP contribution < -0.4 is 15.0 Å². The first-order valence-corrected chi connectivity index (χ1v) is 11.1. The number of anilines is 1. The van der Waals surface area contributed by atoms with E-state index in [1.165, 1.54) is 4.90 Å². The number of likely N-dealkylation sites (N-methyl/N-ethyl adjacent to an activating group) is 1. The van der Waals surface area contributed by atoms with Gasteiger partial charge in [0.2, 0.25) is 0 Å². The number of amides is 3. The van der Waals surface area contributed by atoms with Crippen LogP contribution in [-0.4, -0.2) is 84.7 Å². The predicted octanol–water partition coefficient (Wildman–Crippen LogP) is 1.57. The second-order valence-electron chi connectivity index (χ2n) is 8.52. The van der Waals surface area contributed by atoms with Gasteiger partial charge in [-0.05, 0) is 18.6 Å². The Morgan fingerprint density at radius 3 is 2.64 bits per heavy atom. The van der Waals surface area contributed by atoms with Crippen LogP contribution in [0.1, 0.15) is 16.8 Å². The average Bonchev–Trinajstić information content (AvgIpc) is 3.26. The third-order valence-corrected chi connectivity index (χ3v) is 6.65. The first-order chi connectivity index (χ1) is 16.0. The summed E-state index contributed by atoms with van der Waals surface area (Å²) in [4.78, 5) is 46.3. The maximum Gasteiger partial charge on any atom is 0.328 e. The molecule has 5 rings (SSSR count). The Hall–Kier alpha value is -3.43. The number of ether oxygens (including phenoxy) is 1. The Morgan fingerprint density at radius 1 is 1.09 bits per heavy atom. The Labute approximate surface area is 192 Å². The van der Waals surface area contributed by atoms with Crippen molar-refractivity contribution < 1.29 is 19.1 Å². The van der Waals surface area contributed by atoms with Gasteiger partial charge in [-0.3, -0.25) is 24.7 Å². The number of rotatable bonds is 5. The summed E-state index contributed by atoms with van der Waals surface area (Å²) in [7, 11) is 3.31. The van der Waals surface area contributed by atoms with Gasteiger partial charge >= 0.3 is 6.03 Å². The van der Waals surface area contributed by atoms with Crippen molar-refractivity contribution >= 4 is 23.4 Å². The number of hydrogen-bond donors (Lipinski definition) is 1. The second kappa shape index (κ2) is 8.49. The summed E-state index contributed by atoms with van der Waals surface area (Å²) in [6.07, 6.45) is 0.154. The fourth-order valence-corrected chi connectivity index (χ4v) is 4.98. The molecule has 0 spiro atoms. The zero-order chi connectivity index (χ0) is 23.1. The fourth-order valence-electron chi connectivity index (χ4n) is 4.98. The molecule has 3 aliphatic rings. The highest BCUT2D eigenvalue weighted by molar-refractivity contribution is 6.07. The molecule has 3 atom stereocenters. The summed E-state index contributed by atoms with van der Waals surface area (Å²) in [6, 6.07) is 15.5. The van der Waals surface area contributed by atoms with Gasteiger partial charge in [-0.15, -0.1) is 0 Å². The van der Waals surface area contributed by atoms with Crippen molar-refractivity contribution in [2.45, 2.75) is 24.9 Å². The lowest BCUT2D eigenvalue weighted by Gasteiger charge is -2.43. The van der Waals surface area contributed by atoms with Crippen molar-refractivity contribution in [2.75, 3.05) is 38.7 Å². The van der Waals surface area contributed by atoms with E-state index in [0.29, 0.717) is 12.1 Å². The lowest BCUT2D eigenvalue weighted by atomic mass is 10.1. The molecule has 3 unspecified atom stereocenters. The van der Waals surface area contributed by atoms with E-state index in [4.69, 9.17) is 4.74 Å². The van der Waals surface area contributed by atoms with Gasteiger partial charge in [0.1, 0.15) is 24.2 Å². The number of benzene rings is 2. The van der Waals surface area contributed by atoms with Gasteiger partial charge < -0.3 is 14.5 Å². The van der Waals surface area contributed by atoms with Crippen molar-refractivity contribution in [1.29, 1.82) is 0 Å². The van der Waals surface area contributed by atoms with Crippen LogP contribution in [0.2, 0.25) is 0 Å². The molecule has 0 aromatic heterocycles. The highest BCUT2D eigenvalue weighted by Gasteiger charge is 2.56. The van der Waals surface area contributed by atoms with Gasteiger partial charge in [0.15, 0.2) is 5.78 Å². The number of ketones is 1. The molecule has 0 radical (unpaired) electrons. The molecule has 0 bridgehead atoms. The van der Waals surface area contributed by atoms with Crippen molar-refractivity contribution in [3.05, 3.63) is 60.2 Å². The molecule has 9 nitrogen and oxygen atoms in total. The largest absolute Gasteiger partial charge is 0.497 e. The van der Waals surface area contributed by atoms with Crippen molar-refractivity contribution in [2.24, 2.45) is 0 Å². The van der Waals surface area contributed by atoms with Gasteiger partial charge in [0.25, 0.3) is 5.91 Å². The average molecular weight is 450 g/mol. The molecule has 0 saturated carbocycles. The third-order valence-electron chi connectivity index (χ3n) is 6.65. The molecular weight excluding hydrogens is 422 g/mol. The second-order valence-corrected chi connectivity index (χ2v) is 8.52. The molecule has 2 aromatic carbocycles. The van der Waals surface area contributed by atoms with E-state index < -0.39 is 18.2 Å². The van der Waals surface area contributed by atoms with Gasteiger partial charge in [-0.2, -0.15) is 0 Å². The number of nitrogens with zero attached hydrogens (tertiary/aromatic N) is 4. The molecule has 1 N–H and O–H groups in total. The van der Waals surface area contributed by atoms with E-state index in [1.807, 2.05) is 30.3 Å². The van der Waals surface area contributed by atoms with Crippen LogP contribution in [0, 0.1) is 0 Å². The fraction of sp³-hybridized carbons (Fsp3) is 0.375. The number of imide groups is 1. The van der Waals surface area contributed by atoms with Crippen LogP contribution in [0.15, 0.2) is 54.6 Å². The number of nitrogens with one attached hydrogen (secondary N) is 1. The predicted molar refractivity (Wildman–Crippen MR) is 122 cm³/mol. The Morgan fingerprint density at radius 2 is 1.88 bits per heavy atom. The molecule has 3 fully saturated rings. The quantitative estimate of drug-likeness (QED) is 0.694. The molecule has 3 heterocycles. The number of methoxy groups -OCH3 is 1. The van der Waals surface area contributed by atoms with Crippen LogP contribution in [0.5, 0.6) is 5.75 Å². The zero-order valence-corrected chi connectivity index (χ0v) is 18.7. The summed E-state index contributed by atoms with van der Waals surface area (Å²) in [6.45, 7) is 1.25. The molecule has 2 aromatic rings. The van der Waals surface area contributed by atoms with E-state index in [9.17, 15) is 14.4 Å². The molecule has 172 valence electrons. The van der Waals surface area contributed by atoms with Crippen LogP contribution in [0.4, 0.5) is 10.5 Å². The van der Waals surface area contributed by atoms with E-state index in [2.05, 4.69) is 15.1 Å². The van der Waals surface area contributed by atoms with Gasteiger partial charge in [-0.1, -0.05) is 36.4 Å². The van der Waals surface area contributed by atoms with Crippen molar-refractivity contribution in [3.63, 3.8) is 0 Å². The van der Waals surface area contributed by atoms with Gasteiger partial charge in [0, 0.05) is 37.5 Å². The Bertz CT molecular complexity index is 1080. The smallest absolute Gasteiger partial charge is 0.328 e. The molecule has 9 heteroatoms. The van der Waals surface area contributed by atoms with Crippen LogP contribution >= 0.6 is 0 Å². The number of Topliss-reactive ketones (excluding diaryl/α,β-unsaturated/α-hetero) is 1. The third kappa shape index (κ3) is 3.63. The Kier molecular flexibility index (Phi) is 5.51. The number of urea groups is 1. The van der Waals surface area contributed by atoms with Crippen LogP contribution in [0.25, 0.3) is 0 Å². The summed E-state index contributed by atoms with van der Waals surface area (Å²) in [5.74, 6) is 0.159. The highest BCUT2D eigenvalue weighted by Crippen LogP contribution is 2.34. The normalized spacial score (nSPS) is 25.2. The minimum Gasteiger partial charge on any atom is -0.497 e. The molecule has 3 aliphatic heterocycles. The lowest BCUT2D eigenvalue weighted by Crippen LogP contribution is -2.66. The maximum atomic E-state index is 13.5. The molecule has 33 heavy (non-hydrogen) atoms. The minimum absolute atomic E-state index is 0.246. The zero-order valence-electron chi connectivity index (χ0n) is 18.7. The van der Waals surface area contributed by atoms with Gasteiger partial charge in [-0.25, -0.2) is 4.79 Å². The monoisotopic (exact) mass is 449 g/mol. The summed E-state index contributed by atoms with van der Waals surface area (Å²) in [5, 5.41) is 3.48. The van der Waals surface area contributed by atoms with Crippen LogP contribution in [-0.2, 0) is 4.79 Å². The van der Waals surface area contributed by atoms with Gasteiger partial charge in [0.05, 0.1) is 13.7 Å². The number of fused-ring (bicyclic) bond motifs is 3. The summed E-state index contributed by atoms with van der Waals surface area (Å²) in [5.41, 5.74) is 1.46. The van der Waals surface area contributed by atoms with Crippen LogP contribution in [0.3, 0.4) is 0 Å². The van der Waals surface area contributed by atoms with E-state index in [1.54, 1.807) is 38.4 Å². The summed E-state index contributed by atoms with van der Waals surface area (Å²) >= 11 is 0. The minimum atomic E-state index is -0.560. The SMILES string of the molecule is COc1cccc(N2CCCN3C4C(=O)N(CC(=O)c5ccccc5)C(=O)N(C)C4NC23)c1. The Balaban J connectivity index is 1.41. The van der Waals surface area contributed by atoms with Crippen molar-refractivity contribution in [1.82, 2.24) is 20.0 Å². The topological polar surface area (TPSA) is 85.4 Å². The first kappa shape index (κ1) is 21.4. The lowest BCUT2D eigenvalue weighted by molar-refractivity contribution is -0.138. The standard InChI is InChI=1S/C24H27N5O4/c1-26-21-20(22(31)29(24(26)32)15-19(30)16-8-4-3-5-9-16)28-13-7-12-27(23(28)25-21)17-10-6-11-18(14-17)33-2/h3-6,8-11,14,20-21,23,25H,7,12-13,15H2,1-2H3. The first-order valence-electron chi connectivity index (χ1n) is 11.1. The van der Waals surface area contributed by atoms with E-state index >= 15 is 0 Å².